The highest BCUT2D eigenvalue weighted by atomic mass is 35.5. The molecule has 0 radical (unpaired) electrons. The van der Waals surface area contributed by atoms with Crippen LogP contribution in [0.5, 0.6) is 0 Å². The van der Waals surface area contributed by atoms with Crippen LogP contribution in [-0.4, -0.2) is 4.98 Å². The Morgan fingerprint density at radius 3 is 2.52 bits per heavy atom. The molecule has 2 rings (SSSR count). The molecule has 0 bridgehead atoms. The molecule has 1 aromatic carbocycles. The number of hydrogen-bond acceptors (Lipinski definition) is 3. The van der Waals surface area contributed by atoms with Crippen LogP contribution in [0.1, 0.15) is 16.8 Å². The van der Waals surface area contributed by atoms with Crippen LogP contribution in [0.25, 0.3) is 0 Å². The predicted molar refractivity (Wildman–Crippen MR) is 73.4 cm³/mol. The summed E-state index contributed by atoms with van der Waals surface area (Å²) < 4.78 is 38.1. The van der Waals surface area contributed by atoms with Gasteiger partial charge in [-0.3, -0.25) is 0 Å². The lowest BCUT2D eigenvalue weighted by molar-refractivity contribution is -0.141. The Labute approximate surface area is 124 Å². The average Bonchev–Trinajstić information content (AvgIpc) is 2.41. The maximum atomic E-state index is 12.7. The van der Waals surface area contributed by atoms with E-state index in [1.807, 2.05) is 0 Å². The lowest BCUT2D eigenvalue weighted by Crippen LogP contribution is -2.10. The summed E-state index contributed by atoms with van der Waals surface area (Å²) >= 11 is 5.82. The van der Waals surface area contributed by atoms with Gasteiger partial charge in [-0.25, -0.2) is 4.98 Å². The second-order valence-corrected chi connectivity index (χ2v) is 4.72. The molecule has 0 aliphatic heterocycles. The number of alkyl halides is 3. The molecule has 108 valence electrons. The number of nitrogens with zero attached hydrogens (tertiary/aromatic N) is 2. The van der Waals surface area contributed by atoms with E-state index in [-0.39, 0.29) is 11.4 Å². The van der Waals surface area contributed by atoms with Crippen molar-refractivity contribution in [2.75, 3.05) is 5.32 Å². The number of halogens is 4. The SMILES string of the molecule is Cc1cc(Cl)ccc1Nc1nc(C(F)(F)F)ccc1C#N. The van der Waals surface area contributed by atoms with Crippen molar-refractivity contribution in [1.29, 1.82) is 5.26 Å². The predicted octanol–water partition coefficient (Wildman–Crippen LogP) is 4.68. The van der Waals surface area contributed by atoms with Crippen molar-refractivity contribution in [2.24, 2.45) is 0 Å². The van der Waals surface area contributed by atoms with Gasteiger partial charge in [0.25, 0.3) is 0 Å². The fourth-order valence-electron chi connectivity index (χ4n) is 1.70. The lowest BCUT2D eigenvalue weighted by Gasteiger charge is -2.13. The van der Waals surface area contributed by atoms with Crippen LogP contribution in [0.15, 0.2) is 30.3 Å². The highest BCUT2D eigenvalue weighted by Gasteiger charge is 2.33. The first kappa shape index (κ1) is 15.1. The van der Waals surface area contributed by atoms with Gasteiger partial charge in [0.15, 0.2) is 0 Å². The molecule has 1 aromatic heterocycles. The summed E-state index contributed by atoms with van der Waals surface area (Å²) in [7, 11) is 0. The molecule has 0 aliphatic rings. The van der Waals surface area contributed by atoms with E-state index in [9.17, 15) is 13.2 Å². The summed E-state index contributed by atoms with van der Waals surface area (Å²) in [5.41, 5.74) is 0.223. The Morgan fingerprint density at radius 2 is 1.95 bits per heavy atom. The first-order chi connectivity index (χ1) is 9.81. The summed E-state index contributed by atoms with van der Waals surface area (Å²) in [6.45, 7) is 1.74. The third-order valence-electron chi connectivity index (χ3n) is 2.75. The number of nitrogens with one attached hydrogen (secondary N) is 1. The number of benzene rings is 1. The lowest BCUT2D eigenvalue weighted by atomic mass is 10.2. The molecule has 0 fully saturated rings. The molecule has 0 aliphatic carbocycles. The Morgan fingerprint density at radius 1 is 1.24 bits per heavy atom. The van der Waals surface area contributed by atoms with Gasteiger partial charge in [-0.15, -0.1) is 0 Å². The number of aromatic nitrogens is 1. The molecule has 0 unspecified atom stereocenters. The number of aryl methyl sites for hydroxylation is 1. The van der Waals surface area contributed by atoms with Crippen LogP contribution >= 0.6 is 11.6 Å². The molecule has 0 atom stereocenters. The molecule has 0 saturated heterocycles. The quantitative estimate of drug-likeness (QED) is 0.876. The summed E-state index contributed by atoms with van der Waals surface area (Å²) in [6, 6.07) is 8.53. The van der Waals surface area contributed by atoms with Gasteiger partial charge in [0.05, 0.1) is 5.56 Å². The van der Waals surface area contributed by atoms with Gasteiger partial charge in [-0.05, 0) is 42.8 Å². The van der Waals surface area contributed by atoms with E-state index in [4.69, 9.17) is 16.9 Å². The molecular formula is C14H9ClF3N3. The maximum Gasteiger partial charge on any atom is 0.433 e. The third-order valence-corrected chi connectivity index (χ3v) is 2.98. The van der Waals surface area contributed by atoms with Crippen molar-refractivity contribution < 1.29 is 13.2 Å². The highest BCUT2D eigenvalue weighted by Crippen LogP contribution is 2.31. The molecule has 21 heavy (non-hydrogen) atoms. The Kier molecular flexibility index (Phi) is 4.05. The molecule has 7 heteroatoms. The van der Waals surface area contributed by atoms with Crippen molar-refractivity contribution in [1.82, 2.24) is 4.98 Å². The average molecular weight is 312 g/mol. The van der Waals surface area contributed by atoms with Crippen LogP contribution in [0.3, 0.4) is 0 Å². The Bertz CT molecular complexity index is 720. The minimum atomic E-state index is -4.57. The van der Waals surface area contributed by atoms with Crippen LogP contribution in [0.4, 0.5) is 24.7 Å². The van der Waals surface area contributed by atoms with Crippen molar-refractivity contribution in [3.63, 3.8) is 0 Å². The fourth-order valence-corrected chi connectivity index (χ4v) is 1.92. The molecule has 0 saturated carbocycles. The number of hydrogen-bond donors (Lipinski definition) is 1. The van der Waals surface area contributed by atoms with Gasteiger partial charge in [0.2, 0.25) is 0 Å². The van der Waals surface area contributed by atoms with E-state index in [1.165, 1.54) is 0 Å². The molecule has 3 nitrogen and oxygen atoms in total. The summed E-state index contributed by atoms with van der Waals surface area (Å²) in [5, 5.41) is 12.2. The van der Waals surface area contributed by atoms with Gasteiger partial charge in [0, 0.05) is 10.7 Å². The highest BCUT2D eigenvalue weighted by molar-refractivity contribution is 6.30. The summed E-state index contributed by atoms with van der Waals surface area (Å²) in [6.07, 6.45) is -4.57. The van der Waals surface area contributed by atoms with Gasteiger partial charge in [0.1, 0.15) is 17.6 Å². The first-order valence-electron chi connectivity index (χ1n) is 5.83. The van der Waals surface area contributed by atoms with E-state index < -0.39 is 11.9 Å². The summed E-state index contributed by atoms with van der Waals surface area (Å²) in [4.78, 5) is 3.48. The van der Waals surface area contributed by atoms with Crippen LogP contribution in [0.2, 0.25) is 5.02 Å². The Balaban J connectivity index is 2.45. The van der Waals surface area contributed by atoms with Crippen molar-refractivity contribution in [3.8, 4) is 6.07 Å². The number of nitriles is 1. The maximum absolute atomic E-state index is 12.7. The molecule has 1 heterocycles. The van der Waals surface area contributed by atoms with E-state index in [0.29, 0.717) is 10.7 Å². The minimum Gasteiger partial charge on any atom is -0.339 e. The molecule has 1 N–H and O–H groups in total. The van der Waals surface area contributed by atoms with Gasteiger partial charge in [-0.2, -0.15) is 18.4 Å². The summed E-state index contributed by atoms with van der Waals surface area (Å²) in [5.74, 6) is -0.141. The number of rotatable bonds is 2. The van der Waals surface area contributed by atoms with Crippen LogP contribution < -0.4 is 5.32 Å². The fraction of sp³-hybridized carbons (Fsp3) is 0.143. The minimum absolute atomic E-state index is 0.0253. The zero-order valence-electron chi connectivity index (χ0n) is 10.8. The Hall–Kier alpha value is -2.26. The van der Waals surface area contributed by atoms with Gasteiger partial charge in [-0.1, -0.05) is 11.6 Å². The molecule has 0 spiro atoms. The van der Waals surface area contributed by atoms with Crippen LogP contribution in [-0.2, 0) is 6.18 Å². The van der Waals surface area contributed by atoms with Crippen molar-refractivity contribution in [2.45, 2.75) is 13.1 Å². The molecule has 2 aromatic rings. The van der Waals surface area contributed by atoms with Gasteiger partial charge < -0.3 is 5.32 Å². The standard InChI is InChI=1S/C14H9ClF3N3/c1-8-6-10(15)3-4-11(8)20-13-9(7-19)2-5-12(21-13)14(16,17)18/h2-6H,1H3,(H,20,21). The van der Waals surface area contributed by atoms with E-state index >= 15 is 0 Å². The largest absolute Gasteiger partial charge is 0.433 e. The monoisotopic (exact) mass is 311 g/mol. The second kappa shape index (κ2) is 5.62. The second-order valence-electron chi connectivity index (χ2n) is 4.29. The topological polar surface area (TPSA) is 48.7 Å². The normalized spacial score (nSPS) is 11.0. The first-order valence-corrected chi connectivity index (χ1v) is 6.20. The van der Waals surface area contributed by atoms with E-state index in [2.05, 4.69) is 10.3 Å². The number of pyridine rings is 1. The smallest absolute Gasteiger partial charge is 0.339 e. The molecular weight excluding hydrogens is 303 g/mol. The van der Waals surface area contributed by atoms with Crippen molar-refractivity contribution >= 4 is 23.1 Å². The van der Waals surface area contributed by atoms with Crippen molar-refractivity contribution in [3.05, 3.63) is 52.2 Å². The number of anilines is 2. The van der Waals surface area contributed by atoms with Crippen LogP contribution in [0, 0.1) is 18.3 Å². The van der Waals surface area contributed by atoms with E-state index in [0.717, 1.165) is 17.7 Å². The molecule has 0 amide bonds. The zero-order chi connectivity index (χ0) is 15.6. The van der Waals surface area contributed by atoms with Gasteiger partial charge >= 0.3 is 6.18 Å². The third kappa shape index (κ3) is 3.44. The zero-order valence-corrected chi connectivity index (χ0v) is 11.5. The van der Waals surface area contributed by atoms with E-state index in [1.54, 1.807) is 31.2 Å².